The molecule has 2 unspecified atom stereocenters. The van der Waals surface area contributed by atoms with Gasteiger partial charge in [0.25, 0.3) is 0 Å². The minimum Gasteiger partial charge on any atom is -0.398 e. The summed E-state index contributed by atoms with van der Waals surface area (Å²) in [6, 6.07) is 5.51. The molecule has 4 heteroatoms. The first-order valence-corrected chi connectivity index (χ1v) is 7.02. The van der Waals surface area contributed by atoms with Gasteiger partial charge >= 0.3 is 0 Å². The highest BCUT2D eigenvalue weighted by molar-refractivity contribution is 9.10. The fourth-order valence-corrected chi connectivity index (χ4v) is 3.19. The van der Waals surface area contributed by atoms with Crippen LogP contribution in [0.3, 0.4) is 0 Å². The number of halogens is 1. The third kappa shape index (κ3) is 3.31. The average Bonchev–Trinajstić information content (AvgIpc) is 2.17. The molecule has 0 amide bonds. The van der Waals surface area contributed by atoms with E-state index in [0.29, 0.717) is 5.69 Å². The number of hydrogen-bond acceptors (Lipinski definition) is 2. The highest BCUT2D eigenvalue weighted by Crippen LogP contribution is 2.24. The lowest BCUT2D eigenvalue weighted by Crippen LogP contribution is -2.12. The quantitative estimate of drug-likeness (QED) is 0.864. The molecule has 0 aromatic heterocycles. The second-order valence-corrected chi connectivity index (χ2v) is 6.33. The molecule has 0 heterocycles. The van der Waals surface area contributed by atoms with E-state index in [0.717, 1.165) is 22.2 Å². The van der Waals surface area contributed by atoms with Crippen LogP contribution in [0.15, 0.2) is 27.6 Å². The first-order valence-electron chi connectivity index (χ1n) is 5.01. The van der Waals surface area contributed by atoms with E-state index in [2.05, 4.69) is 22.9 Å². The first-order chi connectivity index (χ1) is 7.06. The number of nitrogen functional groups attached to an aromatic ring is 1. The molecule has 0 saturated heterocycles. The Bertz CT molecular complexity index is 368. The molecule has 2 atom stereocenters. The van der Waals surface area contributed by atoms with Crippen LogP contribution in [0.25, 0.3) is 0 Å². The second-order valence-electron chi connectivity index (χ2n) is 3.58. The van der Waals surface area contributed by atoms with Gasteiger partial charge in [0.05, 0.1) is 15.7 Å². The third-order valence-corrected chi connectivity index (χ3v) is 4.51. The van der Waals surface area contributed by atoms with Crippen molar-refractivity contribution < 1.29 is 4.21 Å². The van der Waals surface area contributed by atoms with E-state index in [9.17, 15) is 4.21 Å². The Morgan fingerprint density at radius 3 is 2.73 bits per heavy atom. The number of nitrogens with two attached hydrogens (primary N) is 1. The van der Waals surface area contributed by atoms with Crippen LogP contribution in [0.4, 0.5) is 5.69 Å². The minimum atomic E-state index is -0.994. The van der Waals surface area contributed by atoms with E-state index in [1.807, 2.05) is 19.1 Å². The fourth-order valence-electron chi connectivity index (χ4n) is 1.43. The van der Waals surface area contributed by atoms with Gasteiger partial charge in [-0.1, -0.05) is 36.2 Å². The summed E-state index contributed by atoms with van der Waals surface area (Å²) in [7, 11) is -0.994. The molecule has 0 bridgehead atoms. The zero-order valence-corrected chi connectivity index (χ0v) is 11.4. The number of benzene rings is 1. The predicted molar refractivity (Wildman–Crippen MR) is 69.3 cm³/mol. The summed E-state index contributed by atoms with van der Waals surface area (Å²) >= 11 is 3.33. The SMILES string of the molecule is CCCC(C)S(=O)c1ccc(Br)cc1N. The third-order valence-electron chi connectivity index (χ3n) is 2.25. The van der Waals surface area contributed by atoms with Crippen molar-refractivity contribution >= 4 is 32.4 Å². The number of rotatable bonds is 4. The summed E-state index contributed by atoms with van der Waals surface area (Å²) in [6.45, 7) is 4.10. The molecule has 1 aromatic rings. The van der Waals surface area contributed by atoms with E-state index in [4.69, 9.17) is 5.73 Å². The molecule has 0 aliphatic heterocycles. The van der Waals surface area contributed by atoms with Crippen LogP contribution in [0.1, 0.15) is 26.7 Å². The lowest BCUT2D eigenvalue weighted by Gasteiger charge is -2.12. The molecule has 0 aliphatic carbocycles. The maximum Gasteiger partial charge on any atom is 0.0620 e. The number of hydrogen-bond donors (Lipinski definition) is 1. The highest BCUT2D eigenvalue weighted by atomic mass is 79.9. The van der Waals surface area contributed by atoms with E-state index < -0.39 is 10.8 Å². The molecule has 0 saturated carbocycles. The molecular formula is C11H16BrNOS. The zero-order valence-electron chi connectivity index (χ0n) is 9.00. The Morgan fingerprint density at radius 1 is 1.53 bits per heavy atom. The molecule has 84 valence electrons. The van der Waals surface area contributed by atoms with Crippen LogP contribution in [0.2, 0.25) is 0 Å². The van der Waals surface area contributed by atoms with E-state index in [-0.39, 0.29) is 5.25 Å². The van der Waals surface area contributed by atoms with Crippen LogP contribution >= 0.6 is 15.9 Å². The maximum absolute atomic E-state index is 12.1. The van der Waals surface area contributed by atoms with Crippen molar-refractivity contribution in [2.24, 2.45) is 0 Å². The highest BCUT2D eigenvalue weighted by Gasteiger charge is 2.14. The van der Waals surface area contributed by atoms with Gasteiger partial charge in [-0.15, -0.1) is 0 Å². The summed E-state index contributed by atoms with van der Waals surface area (Å²) in [4.78, 5) is 0.749. The minimum absolute atomic E-state index is 0.165. The molecule has 0 aliphatic rings. The van der Waals surface area contributed by atoms with Gasteiger partial charge < -0.3 is 5.73 Å². The van der Waals surface area contributed by atoms with Crippen molar-refractivity contribution in [3.63, 3.8) is 0 Å². The van der Waals surface area contributed by atoms with Gasteiger partial charge in [-0.25, -0.2) is 0 Å². The monoisotopic (exact) mass is 289 g/mol. The van der Waals surface area contributed by atoms with Crippen molar-refractivity contribution in [1.82, 2.24) is 0 Å². The first kappa shape index (κ1) is 12.7. The van der Waals surface area contributed by atoms with Gasteiger partial charge in [0.15, 0.2) is 0 Å². The van der Waals surface area contributed by atoms with Crippen molar-refractivity contribution in [2.75, 3.05) is 5.73 Å². The molecule has 1 aromatic carbocycles. The average molecular weight is 290 g/mol. The van der Waals surface area contributed by atoms with Gasteiger partial charge in [0, 0.05) is 15.4 Å². The molecular weight excluding hydrogens is 274 g/mol. The Hall–Kier alpha value is -0.350. The predicted octanol–water partition coefficient (Wildman–Crippen LogP) is 3.33. The van der Waals surface area contributed by atoms with Gasteiger partial charge in [0.1, 0.15) is 0 Å². The van der Waals surface area contributed by atoms with Crippen molar-refractivity contribution in [3.8, 4) is 0 Å². The van der Waals surface area contributed by atoms with Crippen molar-refractivity contribution in [2.45, 2.75) is 36.8 Å². The second kappa shape index (κ2) is 5.66. The van der Waals surface area contributed by atoms with Gasteiger partial charge in [-0.05, 0) is 24.6 Å². The Morgan fingerprint density at radius 2 is 2.20 bits per heavy atom. The van der Waals surface area contributed by atoms with Gasteiger partial charge in [-0.3, -0.25) is 4.21 Å². The summed E-state index contributed by atoms with van der Waals surface area (Å²) in [5.74, 6) is 0. The van der Waals surface area contributed by atoms with Crippen LogP contribution in [-0.4, -0.2) is 9.46 Å². The van der Waals surface area contributed by atoms with Crippen LogP contribution in [0, 0.1) is 0 Å². The Labute approximate surface area is 102 Å². The van der Waals surface area contributed by atoms with Gasteiger partial charge in [0.2, 0.25) is 0 Å². The van der Waals surface area contributed by atoms with Crippen LogP contribution in [0.5, 0.6) is 0 Å². The molecule has 0 fully saturated rings. The van der Waals surface area contributed by atoms with E-state index >= 15 is 0 Å². The summed E-state index contributed by atoms with van der Waals surface area (Å²) in [6.07, 6.45) is 2.01. The molecule has 0 spiro atoms. The Kier molecular flexibility index (Phi) is 4.80. The Balaban J connectivity index is 2.91. The van der Waals surface area contributed by atoms with Crippen molar-refractivity contribution in [1.29, 1.82) is 0 Å². The molecule has 2 N–H and O–H groups in total. The molecule has 1 rings (SSSR count). The smallest absolute Gasteiger partial charge is 0.0620 e. The molecule has 0 radical (unpaired) electrons. The van der Waals surface area contributed by atoms with Crippen molar-refractivity contribution in [3.05, 3.63) is 22.7 Å². The fraction of sp³-hybridized carbons (Fsp3) is 0.455. The summed E-state index contributed by atoms with van der Waals surface area (Å²) in [5, 5.41) is 0.165. The maximum atomic E-state index is 12.1. The lowest BCUT2D eigenvalue weighted by atomic mass is 10.3. The lowest BCUT2D eigenvalue weighted by molar-refractivity contribution is 0.662. The van der Waals surface area contributed by atoms with Crippen LogP contribution < -0.4 is 5.73 Å². The topological polar surface area (TPSA) is 43.1 Å². The van der Waals surface area contributed by atoms with E-state index in [1.165, 1.54) is 0 Å². The van der Waals surface area contributed by atoms with Crippen LogP contribution in [-0.2, 0) is 10.8 Å². The van der Waals surface area contributed by atoms with Gasteiger partial charge in [-0.2, -0.15) is 0 Å². The molecule has 15 heavy (non-hydrogen) atoms. The molecule has 2 nitrogen and oxygen atoms in total. The number of anilines is 1. The largest absolute Gasteiger partial charge is 0.398 e. The zero-order chi connectivity index (χ0) is 11.4. The summed E-state index contributed by atoms with van der Waals surface area (Å²) in [5.41, 5.74) is 6.44. The summed E-state index contributed by atoms with van der Waals surface area (Å²) < 4.78 is 13.0. The normalized spacial score (nSPS) is 14.9. The van der Waals surface area contributed by atoms with E-state index in [1.54, 1.807) is 6.07 Å². The standard InChI is InChI=1S/C11H16BrNOS/c1-3-4-8(2)15(14)11-6-5-9(12)7-10(11)13/h5-8H,3-4,13H2,1-2H3.